The van der Waals surface area contributed by atoms with Gasteiger partial charge in [-0.15, -0.1) is 13.2 Å². The van der Waals surface area contributed by atoms with Gasteiger partial charge in [0.15, 0.2) is 31.3 Å². The second-order valence-corrected chi connectivity index (χ2v) is 15.6. The van der Waals surface area contributed by atoms with Crippen molar-refractivity contribution in [3.8, 4) is 0 Å². The molecule has 0 aromatic rings. The highest BCUT2D eigenvalue weighted by Gasteiger charge is 2.46. The van der Waals surface area contributed by atoms with Crippen molar-refractivity contribution in [1.29, 1.82) is 0 Å². The number of carbonyl (C=O) groups is 1. The lowest BCUT2D eigenvalue weighted by Gasteiger charge is -2.44. The molecule has 0 bridgehead atoms. The second-order valence-electron chi connectivity index (χ2n) is 10.4. The fourth-order valence-corrected chi connectivity index (χ4v) is 5.18. The van der Waals surface area contributed by atoms with Gasteiger partial charge in [-0.1, -0.05) is 52.0 Å². The molecule has 0 rings (SSSR count). The lowest BCUT2D eigenvalue weighted by molar-refractivity contribution is -0.142. The summed E-state index contributed by atoms with van der Waals surface area (Å²) < 4.78 is 11.9. The maximum Gasteiger partial charge on any atom is 0.321 e. The number of halogens is 1. The molecule has 180 valence electrons. The fraction of sp³-hybridized carbons (Fsp3) is 0.708. The average Bonchev–Trinajstić information content (AvgIpc) is 2.66. The van der Waals surface area contributed by atoms with Crippen LogP contribution in [0.1, 0.15) is 54.4 Å². The van der Waals surface area contributed by atoms with Crippen LogP contribution in [-0.4, -0.2) is 42.3 Å². The molecule has 0 aromatic carbocycles. The molecule has 0 aliphatic carbocycles. The molecule has 2 N–H and O–H groups in total. The third-order valence-electron chi connectivity index (χ3n) is 6.69. The van der Waals surface area contributed by atoms with Gasteiger partial charge in [0.25, 0.3) is 0 Å². The average molecular weight is 567 g/mol. The van der Waals surface area contributed by atoms with Crippen LogP contribution in [0, 0.1) is 17.8 Å². The van der Waals surface area contributed by atoms with E-state index >= 15 is 0 Å². The lowest BCUT2D eigenvalue weighted by Crippen LogP contribution is -2.50. The van der Waals surface area contributed by atoms with E-state index in [9.17, 15) is 15.0 Å². The maximum atomic E-state index is 13.1. The van der Waals surface area contributed by atoms with Gasteiger partial charge in [-0.3, -0.25) is 4.79 Å². The Kier molecular flexibility index (Phi) is 11.9. The monoisotopic (exact) mass is 566 g/mol. The molecule has 0 radical (unpaired) electrons. The third-order valence-corrected chi connectivity index (χ3v) is 11.6. The van der Waals surface area contributed by atoms with Gasteiger partial charge in [0, 0.05) is 5.92 Å². The zero-order valence-corrected chi connectivity index (χ0v) is 23.7. The van der Waals surface area contributed by atoms with Gasteiger partial charge >= 0.3 is 5.97 Å². The summed E-state index contributed by atoms with van der Waals surface area (Å²) in [5.41, 5.74) is -0.542. The predicted molar refractivity (Wildman–Crippen MR) is 139 cm³/mol. The SMILES string of the molecule is C=CC(C)C(C(=C)C)C(C(=O)OI)[C@H](CC[C@@](C)(O)[C@@H](O)C=C)O[Si](C)(C)C(C)(C)C. The van der Waals surface area contributed by atoms with Gasteiger partial charge < -0.3 is 17.7 Å². The molecule has 0 spiro atoms. The van der Waals surface area contributed by atoms with Crippen molar-refractivity contribution in [1.82, 2.24) is 0 Å². The van der Waals surface area contributed by atoms with E-state index in [0.717, 1.165) is 5.57 Å². The molecule has 6 atom stereocenters. The highest BCUT2D eigenvalue weighted by molar-refractivity contribution is 14.1. The van der Waals surface area contributed by atoms with Crippen molar-refractivity contribution in [2.24, 2.45) is 17.8 Å². The molecule has 5 nitrogen and oxygen atoms in total. The fourth-order valence-electron chi connectivity index (χ4n) is 3.51. The Morgan fingerprint density at radius 2 is 1.68 bits per heavy atom. The Morgan fingerprint density at radius 3 is 2.03 bits per heavy atom. The van der Waals surface area contributed by atoms with E-state index in [4.69, 9.17) is 7.49 Å². The van der Waals surface area contributed by atoms with E-state index in [1.54, 1.807) is 29.9 Å². The Balaban J connectivity index is 6.40. The first kappa shape index (κ1) is 30.5. The second kappa shape index (κ2) is 12.1. The summed E-state index contributed by atoms with van der Waals surface area (Å²) in [5.74, 6) is -1.25. The molecule has 0 heterocycles. The first-order valence-corrected chi connectivity index (χ1v) is 14.6. The van der Waals surface area contributed by atoms with Crippen molar-refractivity contribution in [3.05, 3.63) is 37.5 Å². The van der Waals surface area contributed by atoms with Crippen LogP contribution in [-0.2, 0) is 12.3 Å². The standard InChI is InChI=1S/C24H43IO5Si/c1-12-17(5)20(16(3)4)21(22(27)29-25)18(30-31(10,11)23(6,7)8)14-15-24(9,28)19(26)13-2/h12-13,17-21,26,28H,1-3,14-15H2,4-11H3/t17?,18-,19-,20?,21?,24+/m0/s1. The van der Waals surface area contributed by atoms with E-state index < -0.39 is 32.0 Å². The highest BCUT2D eigenvalue weighted by Crippen LogP contribution is 2.42. The summed E-state index contributed by atoms with van der Waals surface area (Å²) in [5, 5.41) is 20.8. The Labute approximate surface area is 204 Å². The number of aliphatic hydroxyl groups is 2. The smallest absolute Gasteiger partial charge is 0.321 e. The largest absolute Gasteiger partial charge is 0.413 e. The van der Waals surface area contributed by atoms with Crippen LogP contribution in [0.3, 0.4) is 0 Å². The molecule has 0 saturated carbocycles. The number of aliphatic hydroxyl groups excluding tert-OH is 1. The third kappa shape index (κ3) is 8.42. The molecule has 0 aliphatic heterocycles. The zero-order chi connectivity index (χ0) is 24.8. The van der Waals surface area contributed by atoms with Crippen LogP contribution in [0.4, 0.5) is 0 Å². The van der Waals surface area contributed by atoms with Gasteiger partial charge in [0.1, 0.15) is 6.10 Å². The van der Waals surface area contributed by atoms with Crippen molar-refractivity contribution < 1.29 is 22.5 Å². The maximum absolute atomic E-state index is 13.1. The molecular formula is C24H43IO5Si. The first-order chi connectivity index (χ1) is 14.0. The number of hydrogen-bond acceptors (Lipinski definition) is 5. The van der Waals surface area contributed by atoms with Crippen LogP contribution in [0.2, 0.25) is 18.1 Å². The van der Waals surface area contributed by atoms with Crippen LogP contribution in [0.5, 0.6) is 0 Å². The molecular weight excluding hydrogens is 523 g/mol. The molecule has 7 heteroatoms. The van der Waals surface area contributed by atoms with E-state index in [1.165, 1.54) is 6.08 Å². The minimum absolute atomic E-state index is 0.0252. The van der Waals surface area contributed by atoms with Gasteiger partial charge in [-0.2, -0.15) is 0 Å². The van der Waals surface area contributed by atoms with Crippen molar-refractivity contribution in [3.63, 3.8) is 0 Å². The number of carbonyl (C=O) groups excluding carboxylic acids is 1. The Morgan fingerprint density at radius 1 is 1.16 bits per heavy atom. The van der Waals surface area contributed by atoms with Gasteiger partial charge in [0.05, 0.1) is 17.6 Å². The van der Waals surface area contributed by atoms with Gasteiger partial charge in [0.2, 0.25) is 0 Å². The normalized spacial score (nSPS) is 19.3. The van der Waals surface area contributed by atoms with E-state index in [2.05, 4.69) is 53.6 Å². The topological polar surface area (TPSA) is 76.0 Å². The minimum Gasteiger partial charge on any atom is -0.413 e. The van der Waals surface area contributed by atoms with E-state index in [-0.39, 0.29) is 29.3 Å². The number of allylic oxidation sites excluding steroid dienone is 2. The highest BCUT2D eigenvalue weighted by atomic mass is 127. The van der Waals surface area contributed by atoms with Crippen molar-refractivity contribution >= 4 is 37.3 Å². The summed E-state index contributed by atoms with van der Waals surface area (Å²) in [6.07, 6.45) is 2.13. The molecule has 0 aliphatic rings. The predicted octanol–water partition coefficient (Wildman–Crippen LogP) is 5.98. The first-order valence-electron chi connectivity index (χ1n) is 10.8. The summed E-state index contributed by atoms with van der Waals surface area (Å²) in [4.78, 5) is 13.1. The van der Waals surface area contributed by atoms with Crippen LogP contribution in [0.25, 0.3) is 0 Å². The summed E-state index contributed by atoms with van der Waals surface area (Å²) in [6, 6.07) is 0. The van der Waals surface area contributed by atoms with Crippen LogP contribution >= 0.6 is 23.0 Å². The molecule has 0 amide bonds. The van der Waals surface area contributed by atoms with Crippen molar-refractivity contribution in [2.75, 3.05) is 0 Å². The van der Waals surface area contributed by atoms with E-state index in [1.807, 2.05) is 19.9 Å². The Hall–Kier alpha value is -0.483. The molecule has 0 aromatic heterocycles. The summed E-state index contributed by atoms with van der Waals surface area (Å²) in [6.45, 7) is 27.8. The lowest BCUT2D eigenvalue weighted by atomic mass is 9.74. The van der Waals surface area contributed by atoms with Gasteiger partial charge in [-0.25, -0.2) is 0 Å². The summed E-state index contributed by atoms with van der Waals surface area (Å²) >= 11 is 1.62. The molecule has 31 heavy (non-hydrogen) atoms. The number of rotatable bonds is 13. The van der Waals surface area contributed by atoms with Crippen LogP contribution in [0.15, 0.2) is 37.5 Å². The van der Waals surface area contributed by atoms with E-state index in [0.29, 0.717) is 6.42 Å². The minimum atomic E-state index is -2.28. The van der Waals surface area contributed by atoms with Crippen LogP contribution < -0.4 is 0 Å². The zero-order valence-electron chi connectivity index (χ0n) is 20.6. The number of hydrogen-bond donors (Lipinski definition) is 2. The van der Waals surface area contributed by atoms with Gasteiger partial charge in [-0.05, 0) is 50.7 Å². The Bertz CT molecular complexity index is 638. The molecule has 3 unspecified atom stereocenters. The summed E-state index contributed by atoms with van der Waals surface area (Å²) in [7, 11) is -2.28. The quantitative estimate of drug-likeness (QED) is 0.163. The molecule has 0 saturated heterocycles. The molecule has 0 fully saturated rings. The van der Waals surface area contributed by atoms with Crippen molar-refractivity contribution in [2.45, 2.75) is 90.3 Å².